The summed E-state index contributed by atoms with van der Waals surface area (Å²) >= 11 is 4.13. The van der Waals surface area contributed by atoms with Gasteiger partial charge < -0.3 is 10.3 Å². The molecule has 3 nitrogen and oxygen atoms in total. The highest BCUT2D eigenvalue weighted by Gasteiger charge is 2.12. The Kier molecular flexibility index (Phi) is 4.35. The highest BCUT2D eigenvalue weighted by molar-refractivity contribution is 8.03. The van der Waals surface area contributed by atoms with Gasteiger partial charge in [0.1, 0.15) is 5.82 Å². The fourth-order valence-electron chi connectivity index (χ4n) is 2.29. The van der Waals surface area contributed by atoms with Crippen LogP contribution in [0.25, 0.3) is 11.0 Å². The molecule has 0 atom stereocenters. The largest absolute Gasteiger partial charge is 0.342 e. The Labute approximate surface area is 122 Å². The van der Waals surface area contributed by atoms with E-state index in [1.54, 1.807) is 0 Å². The number of benzene rings is 1. The number of hydrogen-bond acceptors (Lipinski definition) is 4. The molecule has 0 radical (unpaired) electrons. The second kappa shape index (κ2) is 6.20. The molecule has 2 heterocycles. The van der Waals surface area contributed by atoms with Crippen molar-refractivity contribution in [3.8, 4) is 0 Å². The van der Waals surface area contributed by atoms with E-state index >= 15 is 0 Å². The number of aromatic nitrogens is 2. The van der Waals surface area contributed by atoms with Crippen molar-refractivity contribution in [2.75, 3.05) is 23.0 Å². The third kappa shape index (κ3) is 3.46. The summed E-state index contributed by atoms with van der Waals surface area (Å²) in [5.41, 5.74) is 3.53. The van der Waals surface area contributed by atoms with Gasteiger partial charge in [0, 0.05) is 35.6 Å². The van der Waals surface area contributed by atoms with Crippen molar-refractivity contribution in [3.63, 3.8) is 0 Å². The molecule has 2 aromatic rings. The molecule has 0 amide bonds. The Morgan fingerprint density at radius 1 is 1.32 bits per heavy atom. The zero-order valence-electron chi connectivity index (χ0n) is 11.1. The predicted molar refractivity (Wildman–Crippen MR) is 86.1 cm³/mol. The summed E-state index contributed by atoms with van der Waals surface area (Å²) in [7, 11) is 0. The van der Waals surface area contributed by atoms with Crippen LogP contribution in [-0.2, 0) is 6.54 Å². The van der Waals surface area contributed by atoms with Crippen LogP contribution in [0, 0.1) is 6.92 Å². The molecule has 1 aliphatic rings. The number of fused-ring (bicyclic) bond motifs is 1. The van der Waals surface area contributed by atoms with Gasteiger partial charge in [-0.25, -0.2) is 4.98 Å². The second-order valence-electron chi connectivity index (χ2n) is 4.90. The summed E-state index contributed by atoms with van der Waals surface area (Å²) in [6, 6.07) is 7.12. The van der Waals surface area contributed by atoms with Crippen LogP contribution in [0.4, 0.5) is 0 Å². The SMILES string of the molecule is Cc1nc2ccc(CNC3CSCCSC3)cc2[nH]1. The van der Waals surface area contributed by atoms with Gasteiger partial charge in [0.05, 0.1) is 11.0 Å². The van der Waals surface area contributed by atoms with Gasteiger partial charge in [-0.1, -0.05) is 6.07 Å². The first-order chi connectivity index (χ1) is 9.31. The van der Waals surface area contributed by atoms with Crippen LogP contribution in [0.2, 0.25) is 0 Å². The van der Waals surface area contributed by atoms with Crippen molar-refractivity contribution in [1.29, 1.82) is 0 Å². The zero-order valence-corrected chi connectivity index (χ0v) is 12.7. The molecular formula is C14H19N3S2. The third-order valence-electron chi connectivity index (χ3n) is 3.27. The van der Waals surface area contributed by atoms with Crippen molar-refractivity contribution < 1.29 is 0 Å². The number of aryl methyl sites for hydroxylation is 1. The van der Waals surface area contributed by atoms with Gasteiger partial charge in [-0.2, -0.15) is 23.5 Å². The minimum Gasteiger partial charge on any atom is -0.342 e. The second-order valence-corrected chi connectivity index (χ2v) is 7.20. The van der Waals surface area contributed by atoms with Gasteiger partial charge in [0.25, 0.3) is 0 Å². The Morgan fingerprint density at radius 2 is 2.11 bits per heavy atom. The molecule has 1 saturated heterocycles. The lowest BCUT2D eigenvalue weighted by Gasteiger charge is -2.15. The van der Waals surface area contributed by atoms with Gasteiger partial charge in [0.15, 0.2) is 0 Å². The van der Waals surface area contributed by atoms with Gasteiger partial charge in [-0.3, -0.25) is 0 Å². The van der Waals surface area contributed by atoms with Crippen LogP contribution < -0.4 is 5.32 Å². The summed E-state index contributed by atoms with van der Waals surface area (Å²) in [5, 5.41) is 3.67. The molecule has 0 spiro atoms. The smallest absolute Gasteiger partial charge is 0.104 e. The van der Waals surface area contributed by atoms with Crippen LogP contribution >= 0.6 is 23.5 Å². The van der Waals surface area contributed by atoms with Gasteiger partial charge in [-0.05, 0) is 24.6 Å². The third-order valence-corrected chi connectivity index (χ3v) is 5.79. The van der Waals surface area contributed by atoms with E-state index in [-0.39, 0.29) is 0 Å². The van der Waals surface area contributed by atoms with E-state index in [0.717, 1.165) is 23.4 Å². The summed E-state index contributed by atoms with van der Waals surface area (Å²) in [4.78, 5) is 7.73. The van der Waals surface area contributed by atoms with Crippen molar-refractivity contribution in [1.82, 2.24) is 15.3 Å². The lowest BCUT2D eigenvalue weighted by atomic mass is 10.2. The Morgan fingerprint density at radius 3 is 2.89 bits per heavy atom. The molecule has 102 valence electrons. The highest BCUT2D eigenvalue weighted by atomic mass is 32.2. The minimum absolute atomic E-state index is 0.636. The summed E-state index contributed by atoms with van der Waals surface area (Å²) < 4.78 is 0. The van der Waals surface area contributed by atoms with Crippen LogP contribution in [0.15, 0.2) is 18.2 Å². The number of aromatic amines is 1. The topological polar surface area (TPSA) is 40.7 Å². The molecule has 1 aromatic heterocycles. The van der Waals surface area contributed by atoms with E-state index in [0.29, 0.717) is 6.04 Å². The van der Waals surface area contributed by atoms with E-state index in [2.05, 4.69) is 57.0 Å². The summed E-state index contributed by atoms with van der Waals surface area (Å²) in [6.45, 7) is 2.94. The van der Waals surface area contributed by atoms with E-state index in [4.69, 9.17) is 0 Å². The number of thioether (sulfide) groups is 2. The van der Waals surface area contributed by atoms with Crippen molar-refractivity contribution in [2.24, 2.45) is 0 Å². The molecule has 1 fully saturated rings. The van der Waals surface area contributed by atoms with Crippen LogP contribution in [0.5, 0.6) is 0 Å². The van der Waals surface area contributed by atoms with Crippen molar-refractivity contribution in [2.45, 2.75) is 19.5 Å². The molecule has 0 unspecified atom stereocenters. The number of imidazole rings is 1. The molecule has 1 aliphatic heterocycles. The lowest BCUT2D eigenvalue weighted by Crippen LogP contribution is -2.32. The van der Waals surface area contributed by atoms with Crippen LogP contribution in [-0.4, -0.2) is 39.0 Å². The minimum atomic E-state index is 0.636. The average molecular weight is 293 g/mol. The molecule has 0 bridgehead atoms. The highest BCUT2D eigenvalue weighted by Crippen LogP contribution is 2.17. The van der Waals surface area contributed by atoms with Crippen molar-refractivity contribution in [3.05, 3.63) is 29.6 Å². The number of hydrogen-bond donors (Lipinski definition) is 2. The molecule has 5 heteroatoms. The maximum absolute atomic E-state index is 4.43. The summed E-state index contributed by atoms with van der Waals surface area (Å²) in [5.74, 6) is 6.04. The monoisotopic (exact) mass is 293 g/mol. The molecular weight excluding hydrogens is 274 g/mol. The Bertz CT molecular complexity index is 545. The number of nitrogens with one attached hydrogen (secondary N) is 2. The lowest BCUT2D eigenvalue weighted by molar-refractivity contribution is 0.604. The number of H-pyrrole nitrogens is 1. The van der Waals surface area contributed by atoms with Gasteiger partial charge >= 0.3 is 0 Å². The number of rotatable bonds is 3. The summed E-state index contributed by atoms with van der Waals surface area (Å²) in [6.07, 6.45) is 0. The molecule has 0 saturated carbocycles. The molecule has 3 rings (SSSR count). The van der Waals surface area contributed by atoms with E-state index in [1.165, 1.54) is 28.6 Å². The van der Waals surface area contributed by atoms with Gasteiger partial charge in [0.2, 0.25) is 0 Å². The Balaban J connectivity index is 1.64. The maximum atomic E-state index is 4.43. The average Bonchev–Trinajstić information content (AvgIpc) is 2.62. The standard InChI is InChI=1S/C14H19N3S2/c1-10-16-13-3-2-11(6-14(13)17-10)7-15-12-8-18-4-5-19-9-12/h2-3,6,12,15H,4-5,7-9H2,1H3,(H,16,17). The first-order valence-electron chi connectivity index (χ1n) is 6.65. The molecule has 0 aliphatic carbocycles. The van der Waals surface area contributed by atoms with E-state index < -0.39 is 0 Å². The zero-order chi connectivity index (χ0) is 13.1. The van der Waals surface area contributed by atoms with Crippen LogP contribution in [0.1, 0.15) is 11.4 Å². The van der Waals surface area contributed by atoms with E-state index in [9.17, 15) is 0 Å². The maximum Gasteiger partial charge on any atom is 0.104 e. The fourth-order valence-corrected chi connectivity index (χ4v) is 4.76. The molecule has 19 heavy (non-hydrogen) atoms. The Hall–Kier alpha value is -0.650. The molecule has 1 aromatic carbocycles. The van der Waals surface area contributed by atoms with Gasteiger partial charge in [-0.15, -0.1) is 0 Å². The molecule has 2 N–H and O–H groups in total. The first-order valence-corrected chi connectivity index (χ1v) is 8.96. The number of nitrogens with zero attached hydrogens (tertiary/aromatic N) is 1. The quantitative estimate of drug-likeness (QED) is 0.913. The van der Waals surface area contributed by atoms with Crippen LogP contribution in [0.3, 0.4) is 0 Å². The fraction of sp³-hybridized carbons (Fsp3) is 0.500. The van der Waals surface area contributed by atoms with E-state index in [1.807, 2.05) is 6.92 Å². The van der Waals surface area contributed by atoms with Crippen molar-refractivity contribution >= 4 is 34.6 Å². The predicted octanol–water partition coefficient (Wildman–Crippen LogP) is 2.81. The normalized spacial score (nSPS) is 17.7. The first kappa shape index (κ1) is 13.3.